The highest BCUT2D eigenvalue weighted by molar-refractivity contribution is 5.75. The molecule has 0 radical (unpaired) electrons. The van der Waals surface area contributed by atoms with Crippen LogP contribution in [-0.4, -0.2) is 26.1 Å². The lowest BCUT2D eigenvalue weighted by molar-refractivity contribution is 0.912. The number of hydrogen-bond acceptors (Lipinski definition) is 4. The summed E-state index contributed by atoms with van der Waals surface area (Å²) in [4.78, 5) is 30.7. The topological polar surface area (TPSA) is 84.7 Å². The van der Waals surface area contributed by atoms with Crippen molar-refractivity contribution < 1.29 is 0 Å². The molecule has 20 heavy (non-hydrogen) atoms. The lowest BCUT2D eigenvalue weighted by Crippen LogP contribution is -2.29. The number of anilines is 1. The largest absolute Gasteiger partial charge is 0.359 e. The Morgan fingerprint density at radius 2 is 1.90 bits per heavy atom. The number of H-pyrrole nitrogens is 1. The number of aromatic amines is 1. The lowest BCUT2D eigenvalue weighted by Gasteiger charge is -2.05. The van der Waals surface area contributed by atoms with Gasteiger partial charge in [-0.2, -0.15) is 4.98 Å². The second-order valence-electron chi connectivity index (χ2n) is 4.35. The molecule has 0 amide bonds. The summed E-state index contributed by atoms with van der Waals surface area (Å²) in [6, 6.07) is 9.07. The van der Waals surface area contributed by atoms with Crippen LogP contribution in [0.1, 0.15) is 0 Å². The van der Waals surface area contributed by atoms with Gasteiger partial charge < -0.3 is 9.88 Å². The van der Waals surface area contributed by atoms with Crippen molar-refractivity contribution in [1.82, 2.24) is 19.1 Å². The Hall–Kier alpha value is -2.83. The minimum absolute atomic E-state index is 0.330. The Labute approximate surface area is 113 Å². The zero-order valence-electron chi connectivity index (χ0n) is 11.0. The first kappa shape index (κ1) is 12.2. The molecule has 0 fully saturated rings. The monoisotopic (exact) mass is 271 g/mol. The molecule has 0 aliphatic carbocycles. The molecule has 2 heterocycles. The summed E-state index contributed by atoms with van der Waals surface area (Å²) in [6.45, 7) is 0. The molecule has 1 aromatic carbocycles. The molecule has 3 aromatic rings. The minimum Gasteiger partial charge on any atom is -0.359 e. The molecule has 7 nitrogen and oxygen atoms in total. The second kappa shape index (κ2) is 4.37. The van der Waals surface area contributed by atoms with Crippen molar-refractivity contribution in [3.8, 4) is 5.69 Å². The molecule has 102 valence electrons. The predicted molar refractivity (Wildman–Crippen MR) is 76.5 cm³/mol. The van der Waals surface area contributed by atoms with Crippen LogP contribution in [-0.2, 0) is 7.05 Å². The maximum Gasteiger partial charge on any atom is 0.334 e. The summed E-state index contributed by atoms with van der Waals surface area (Å²) in [6.07, 6.45) is 0. The molecule has 0 unspecified atom stereocenters. The van der Waals surface area contributed by atoms with Crippen LogP contribution < -0.4 is 16.6 Å². The van der Waals surface area contributed by atoms with Crippen LogP contribution in [0.5, 0.6) is 0 Å². The number of benzene rings is 1. The zero-order valence-corrected chi connectivity index (χ0v) is 11.0. The van der Waals surface area contributed by atoms with Crippen molar-refractivity contribution in [3.63, 3.8) is 0 Å². The predicted octanol–water partition coefficient (Wildman–Crippen LogP) is 0.454. The van der Waals surface area contributed by atoms with E-state index in [9.17, 15) is 9.59 Å². The molecular formula is C13H13N5O2. The number of nitrogens with zero attached hydrogens (tertiary/aromatic N) is 3. The van der Waals surface area contributed by atoms with E-state index in [0.29, 0.717) is 22.8 Å². The third-order valence-corrected chi connectivity index (χ3v) is 3.17. The number of para-hydroxylation sites is 1. The molecule has 3 rings (SSSR count). The van der Waals surface area contributed by atoms with Gasteiger partial charge in [0.25, 0.3) is 5.56 Å². The molecule has 0 saturated carbocycles. The fraction of sp³-hybridized carbons (Fsp3) is 0.154. The highest BCUT2D eigenvalue weighted by Crippen LogP contribution is 2.16. The van der Waals surface area contributed by atoms with E-state index in [1.165, 1.54) is 4.57 Å². The van der Waals surface area contributed by atoms with Crippen LogP contribution >= 0.6 is 0 Å². The van der Waals surface area contributed by atoms with E-state index in [4.69, 9.17) is 0 Å². The maximum absolute atomic E-state index is 12.1. The van der Waals surface area contributed by atoms with E-state index >= 15 is 0 Å². The van der Waals surface area contributed by atoms with Gasteiger partial charge in [0, 0.05) is 14.1 Å². The second-order valence-corrected chi connectivity index (χ2v) is 4.35. The van der Waals surface area contributed by atoms with Crippen LogP contribution in [0, 0.1) is 0 Å². The summed E-state index contributed by atoms with van der Waals surface area (Å²) in [7, 11) is 3.43. The number of imidazole rings is 1. The molecule has 2 N–H and O–H groups in total. The molecule has 7 heteroatoms. The van der Waals surface area contributed by atoms with Crippen molar-refractivity contribution in [2.75, 3.05) is 12.4 Å². The van der Waals surface area contributed by atoms with Gasteiger partial charge in [-0.25, -0.2) is 9.36 Å². The van der Waals surface area contributed by atoms with Crippen molar-refractivity contribution in [2.24, 2.45) is 7.05 Å². The smallest absolute Gasteiger partial charge is 0.334 e. The van der Waals surface area contributed by atoms with Gasteiger partial charge in [0.15, 0.2) is 11.2 Å². The molecule has 2 aromatic heterocycles. The first-order chi connectivity index (χ1) is 9.63. The van der Waals surface area contributed by atoms with Gasteiger partial charge in [0.1, 0.15) is 0 Å². The van der Waals surface area contributed by atoms with E-state index in [1.807, 2.05) is 18.2 Å². The average Bonchev–Trinajstić information content (AvgIpc) is 2.77. The zero-order chi connectivity index (χ0) is 14.3. The Balaban J connectivity index is 2.50. The molecule has 0 atom stereocenters. The quantitative estimate of drug-likeness (QED) is 0.709. The first-order valence-electron chi connectivity index (χ1n) is 6.08. The van der Waals surface area contributed by atoms with Gasteiger partial charge in [-0.15, -0.1) is 0 Å². The van der Waals surface area contributed by atoms with Crippen LogP contribution in [0.2, 0.25) is 0 Å². The van der Waals surface area contributed by atoms with E-state index in [1.54, 1.807) is 30.8 Å². The highest BCUT2D eigenvalue weighted by Gasteiger charge is 2.16. The van der Waals surface area contributed by atoms with Crippen molar-refractivity contribution in [1.29, 1.82) is 0 Å². The van der Waals surface area contributed by atoms with E-state index in [0.717, 1.165) is 0 Å². The standard InChI is InChI=1S/C13H13N5O2/c1-14-12-15-10-9(17(12)2)11(19)16-13(20)18(10)8-6-4-3-5-7-8/h3-7H,1-2H3,(H,14,15)(H,16,19,20). The summed E-state index contributed by atoms with van der Waals surface area (Å²) in [5, 5.41) is 2.89. The third kappa shape index (κ3) is 1.63. The molecule has 0 bridgehead atoms. The van der Waals surface area contributed by atoms with Crippen molar-refractivity contribution in [3.05, 3.63) is 51.2 Å². The van der Waals surface area contributed by atoms with Crippen molar-refractivity contribution in [2.45, 2.75) is 0 Å². The molecule has 0 aliphatic rings. The van der Waals surface area contributed by atoms with Gasteiger partial charge in [-0.05, 0) is 12.1 Å². The molecule has 0 spiro atoms. The number of nitrogens with one attached hydrogen (secondary N) is 2. The van der Waals surface area contributed by atoms with Gasteiger partial charge in [0.2, 0.25) is 5.95 Å². The first-order valence-corrected chi connectivity index (χ1v) is 6.08. The van der Waals surface area contributed by atoms with Gasteiger partial charge in [-0.1, -0.05) is 18.2 Å². The third-order valence-electron chi connectivity index (χ3n) is 3.17. The Kier molecular flexibility index (Phi) is 2.67. The van der Waals surface area contributed by atoms with Gasteiger partial charge >= 0.3 is 5.69 Å². The fourth-order valence-corrected chi connectivity index (χ4v) is 2.24. The number of rotatable bonds is 2. The SMILES string of the molecule is CNc1nc2c(c(=O)[nH]c(=O)n2-c2ccccc2)n1C. The van der Waals surface area contributed by atoms with Crippen LogP contribution in [0.25, 0.3) is 16.9 Å². The summed E-state index contributed by atoms with van der Waals surface area (Å²) >= 11 is 0. The maximum atomic E-state index is 12.1. The number of aryl methyl sites for hydroxylation is 1. The van der Waals surface area contributed by atoms with E-state index in [-0.39, 0.29) is 0 Å². The summed E-state index contributed by atoms with van der Waals surface area (Å²) in [5.74, 6) is 0.515. The lowest BCUT2D eigenvalue weighted by atomic mass is 10.3. The number of aromatic nitrogens is 4. The molecular weight excluding hydrogens is 258 g/mol. The van der Waals surface area contributed by atoms with Crippen LogP contribution in [0.4, 0.5) is 5.95 Å². The highest BCUT2D eigenvalue weighted by atomic mass is 16.2. The van der Waals surface area contributed by atoms with E-state index < -0.39 is 11.2 Å². The number of hydrogen-bond donors (Lipinski definition) is 2. The Morgan fingerprint density at radius 3 is 2.55 bits per heavy atom. The van der Waals surface area contributed by atoms with E-state index in [2.05, 4.69) is 15.3 Å². The van der Waals surface area contributed by atoms with Crippen molar-refractivity contribution >= 4 is 17.1 Å². The molecule has 0 aliphatic heterocycles. The van der Waals surface area contributed by atoms with Gasteiger partial charge in [0.05, 0.1) is 5.69 Å². The van der Waals surface area contributed by atoms with Crippen LogP contribution in [0.15, 0.2) is 39.9 Å². The summed E-state index contributed by atoms with van der Waals surface area (Å²) in [5.41, 5.74) is 0.372. The average molecular weight is 271 g/mol. The Bertz CT molecular complexity index is 889. The Morgan fingerprint density at radius 1 is 1.20 bits per heavy atom. The minimum atomic E-state index is -0.505. The van der Waals surface area contributed by atoms with Gasteiger partial charge in [-0.3, -0.25) is 9.78 Å². The fourth-order valence-electron chi connectivity index (χ4n) is 2.24. The molecule has 0 saturated heterocycles. The normalized spacial score (nSPS) is 10.9. The van der Waals surface area contributed by atoms with Crippen LogP contribution in [0.3, 0.4) is 0 Å². The summed E-state index contributed by atoms with van der Waals surface area (Å²) < 4.78 is 3.00. The number of fused-ring (bicyclic) bond motifs is 1.